The molecule has 1 heterocycles. The fraction of sp³-hybridized carbons (Fsp3) is 0.280. The van der Waals surface area contributed by atoms with Crippen LogP contribution in [-0.4, -0.2) is 38.9 Å². The summed E-state index contributed by atoms with van der Waals surface area (Å²) in [5.41, 5.74) is 1.23. The van der Waals surface area contributed by atoms with Gasteiger partial charge in [0.2, 0.25) is 15.9 Å². The lowest BCUT2D eigenvalue weighted by Gasteiger charge is -2.19. The predicted octanol–water partition coefficient (Wildman–Crippen LogP) is 2.89. The van der Waals surface area contributed by atoms with Gasteiger partial charge in [-0.15, -0.1) is 11.3 Å². The van der Waals surface area contributed by atoms with E-state index < -0.39 is 22.0 Å². The summed E-state index contributed by atoms with van der Waals surface area (Å²) in [4.78, 5) is 26.8. The summed E-state index contributed by atoms with van der Waals surface area (Å²) < 4.78 is 27.7. The van der Waals surface area contributed by atoms with Crippen LogP contribution in [-0.2, 0) is 27.7 Å². The van der Waals surface area contributed by atoms with Crippen molar-refractivity contribution in [2.75, 3.05) is 6.54 Å². The Kier molecular flexibility index (Phi) is 7.77. The van der Waals surface area contributed by atoms with Crippen LogP contribution in [0.1, 0.15) is 33.6 Å². The van der Waals surface area contributed by atoms with Crippen molar-refractivity contribution in [1.82, 2.24) is 15.4 Å². The van der Waals surface area contributed by atoms with Gasteiger partial charge >= 0.3 is 0 Å². The van der Waals surface area contributed by atoms with Gasteiger partial charge in [-0.25, -0.2) is 13.1 Å². The van der Waals surface area contributed by atoms with Crippen LogP contribution in [0.4, 0.5) is 0 Å². The summed E-state index contributed by atoms with van der Waals surface area (Å²) in [6, 6.07) is 18.6. The first-order chi connectivity index (χ1) is 16.4. The van der Waals surface area contributed by atoms with E-state index in [0.29, 0.717) is 19.4 Å². The molecule has 178 valence electrons. The molecule has 1 unspecified atom stereocenters. The molecule has 4 rings (SSSR count). The topological polar surface area (TPSA) is 104 Å². The van der Waals surface area contributed by atoms with E-state index in [0.717, 1.165) is 23.3 Å². The number of hydrogen-bond donors (Lipinski definition) is 3. The maximum Gasteiger partial charge on any atom is 0.251 e. The molecule has 2 aromatic carbocycles. The van der Waals surface area contributed by atoms with E-state index in [1.807, 2.05) is 47.8 Å². The van der Waals surface area contributed by atoms with Crippen LogP contribution in [0.15, 0.2) is 77.0 Å². The van der Waals surface area contributed by atoms with Crippen LogP contribution >= 0.6 is 11.3 Å². The molecule has 0 saturated heterocycles. The number of rotatable bonds is 11. The third-order valence-electron chi connectivity index (χ3n) is 5.50. The number of hydrogen-bond acceptors (Lipinski definition) is 5. The Labute approximate surface area is 203 Å². The van der Waals surface area contributed by atoms with Crippen LogP contribution < -0.4 is 15.4 Å². The van der Waals surface area contributed by atoms with E-state index >= 15 is 0 Å². The average molecular weight is 498 g/mol. The highest BCUT2D eigenvalue weighted by Gasteiger charge is 2.29. The Bertz CT molecular complexity index is 1210. The lowest BCUT2D eigenvalue weighted by molar-refractivity contribution is -0.123. The predicted molar refractivity (Wildman–Crippen MR) is 132 cm³/mol. The van der Waals surface area contributed by atoms with Crippen LogP contribution in [0.2, 0.25) is 0 Å². The molecule has 0 radical (unpaired) electrons. The molecule has 3 aromatic rings. The largest absolute Gasteiger partial charge is 0.352 e. The fourth-order valence-corrected chi connectivity index (χ4v) is 5.20. The Morgan fingerprint density at radius 3 is 2.35 bits per heavy atom. The number of benzene rings is 2. The summed E-state index contributed by atoms with van der Waals surface area (Å²) in [7, 11) is -3.68. The molecule has 34 heavy (non-hydrogen) atoms. The highest BCUT2D eigenvalue weighted by molar-refractivity contribution is 7.89. The third kappa shape index (κ3) is 6.75. The molecular weight excluding hydrogens is 470 g/mol. The zero-order chi connectivity index (χ0) is 24.0. The van der Waals surface area contributed by atoms with E-state index in [1.54, 1.807) is 11.3 Å². The summed E-state index contributed by atoms with van der Waals surface area (Å²) >= 11 is 1.58. The lowest BCUT2D eigenvalue weighted by atomic mass is 10.0. The zero-order valence-corrected chi connectivity index (χ0v) is 20.2. The van der Waals surface area contributed by atoms with Crippen LogP contribution in [0.3, 0.4) is 0 Å². The van der Waals surface area contributed by atoms with Crippen LogP contribution in [0.25, 0.3) is 0 Å². The molecule has 1 atom stereocenters. The van der Waals surface area contributed by atoms with Crippen molar-refractivity contribution in [3.8, 4) is 0 Å². The molecular formula is C25H27N3O4S2. The Hall–Kier alpha value is -3.01. The smallest absolute Gasteiger partial charge is 0.251 e. The number of carbonyl (C=O) groups excluding carboxylic acids is 2. The molecule has 1 aromatic heterocycles. The third-order valence-corrected chi connectivity index (χ3v) is 7.91. The van der Waals surface area contributed by atoms with Crippen LogP contribution in [0.5, 0.6) is 0 Å². The van der Waals surface area contributed by atoms with Gasteiger partial charge in [0.25, 0.3) is 5.91 Å². The van der Waals surface area contributed by atoms with E-state index in [-0.39, 0.29) is 22.4 Å². The molecule has 0 spiro atoms. The standard InChI is InChI=1S/C25H27N3O4S2/c29-24(28-23(25(30)27-20-10-11-20)17-18-5-2-1-3-6-18)19-8-12-22(13-9-19)34(31,32)26-15-14-21-7-4-16-33-21/h1-9,12-13,16,20,23,26H,10-11,14-15,17H2,(H,27,30)(H,28,29). The molecule has 3 N–H and O–H groups in total. The highest BCUT2D eigenvalue weighted by Crippen LogP contribution is 2.19. The number of amides is 2. The summed E-state index contributed by atoms with van der Waals surface area (Å²) in [5, 5.41) is 7.71. The molecule has 1 aliphatic rings. The van der Waals surface area contributed by atoms with Gasteiger partial charge in [-0.1, -0.05) is 36.4 Å². The van der Waals surface area contributed by atoms with Crippen molar-refractivity contribution in [3.63, 3.8) is 0 Å². The van der Waals surface area contributed by atoms with Crippen molar-refractivity contribution in [2.24, 2.45) is 0 Å². The van der Waals surface area contributed by atoms with Crippen molar-refractivity contribution < 1.29 is 18.0 Å². The Morgan fingerprint density at radius 2 is 1.71 bits per heavy atom. The second kappa shape index (κ2) is 10.9. The summed E-state index contributed by atoms with van der Waals surface area (Å²) in [5.74, 6) is -0.643. The maximum atomic E-state index is 12.9. The van der Waals surface area contributed by atoms with E-state index in [9.17, 15) is 18.0 Å². The maximum absolute atomic E-state index is 12.9. The number of nitrogens with one attached hydrogen (secondary N) is 3. The SMILES string of the molecule is O=C(NC(Cc1ccccc1)C(=O)NC1CC1)c1ccc(S(=O)(=O)NCCc2cccs2)cc1. The molecule has 0 aliphatic heterocycles. The van der Waals surface area contributed by atoms with Crippen molar-refractivity contribution in [3.05, 3.63) is 88.1 Å². The van der Waals surface area contributed by atoms with Crippen molar-refractivity contribution in [1.29, 1.82) is 0 Å². The minimum absolute atomic E-state index is 0.0857. The monoisotopic (exact) mass is 497 g/mol. The molecule has 7 nitrogen and oxygen atoms in total. The second-order valence-electron chi connectivity index (χ2n) is 8.25. The Morgan fingerprint density at radius 1 is 0.971 bits per heavy atom. The quantitative estimate of drug-likeness (QED) is 0.379. The number of carbonyl (C=O) groups is 2. The van der Waals surface area contributed by atoms with Crippen LogP contribution in [0, 0.1) is 0 Å². The van der Waals surface area contributed by atoms with Gasteiger partial charge in [0, 0.05) is 29.4 Å². The van der Waals surface area contributed by atoms with Crippen molar-refractivity contribution >= 4 is 33.2 Å². The molecule has 1 aliphatic carbocycles. The number of sulfonamides is 1. The lowest BCUT2D eigenvalue weighted by Crippen LogP contribution is -2.48. The minimum Gasteiger partial charge on any atom is -0.352 e. The summed E-state index contributed by atoms with van der Waals surface area (Å²) in [6.07, 6.45) is 2.89. The molecule has 2 amide bonds. The zero-order valence-electron chi connectivity index (χ0n) is 18.6. The molecule has 0 bridgehead atoms. The average Bonchev–Trinajstić information content (AvgIpc) is 3.50. The molecule has 9 heteroatoms. The van der Waals surface area contributed by atoms with Crippen molar-refractivity contribution in [2.45, 2.75) is 42.7 Å². The first-order valence-electron chi connectivity index (χ1n) is 11.2. The summed E-state index contributed by atoms with van der Waals surface area (Å²) in [6.45, 7) is 0.294. The first kappa shape index (κ1) is 24.1. The number of thiophene rings is 1. The van der Waals surface area contributed by atoms with E-state index in [4.69, 9.17) is 0 Å². The van der Waals surface area contributed by atoms with E-state index in [2.05, 4.69) is 15.4 Å². The normalized spacial score (nSPS) is 14.4. The second-order valence-corrected chi connectivity index (χ2v) is 11.0. The van der Waals surface area contributed by atoms with Gasteiger partial charge in [-0.3, -0.25) is 9.59 Å². The van der Waals surface area contributed by atoms with Gasteiger partial charge < -0.3 is 10.6 Å². The van der Waals surface area contributed by atoms with Gasteiger partial charge in [0.15, 0.2) is 0 Å². The molecule has 1 fully saturated rings. The van der Waals surface area contributed by atoms with Gasteiger partial charge in [-0.2, -0.15) is 0 Å². The molecule has 1 saturated carbocycles. The fourth-order valence-electron chi connectivity index (χ4n) is 3.46. The first-order valence-corrected chi connectivity index (χ1v) is 13.5. The highest BCUT2D eigenvalue weighted by atomic mass is 32.2. The van der Waals surface area contributed by atoms with Gasteiger partial charge in [0.1, 0.15) is 6.04 Å². The van der Waals surface area contributed by atoms with Gasteiger partial charge in [-0.05, 0) is 60.5 Å². The van der Waals surface area contributed by atoms with Gasteiger partial charge in [0.05, 0.1) is 4.90 Å². The van der Waals surface area contributed by atoms with E-state index in [1.165, 1.54) is 24.3 Å². The Balaban J connectivity index is 1.38. The minimum atomic E-state index is -3.68.